The van der Waals surface area contributed by atoms with E-state index >= 15 is 0 Å². The van der Waals surface area contributed by atoms with Crippen molar-refractivity contribution in [3.8, 4) is 0 Å². The van der Waals surface area contributed by atoms with Gasteiger partial charge in [-0.25, -0.2) is 4.98 Å². The van der Waals surface area contributed by atoms with E-state index in [1.54, 1.807) is 12.3 Å². The van der Waals surface area contributed by atoms with Crippen LogP contribution in [0.1, 0.15) is 22.3 Å². The number of hydrogen-bond acceptors (Lipinski definition) is 2. The number of hydrogen-bond donors (Lipinski definition) is 1. The molecule has 2 aromatic rings. The van der Waals surface area contributed by atoms with Crippen molar-refractivity contribution in [1.82, 2.24) is 10.3 Å². The minimum atomic E-state index is -0.197. The Morgan fingerprint density at radius 3 is 2.80 bits per heavy atom. The van der Waals surface area contributed by atoms with Gasteiger partial charge in [-0.2, -0.15) is 0 Å². The Morgan fingerprint density at radius 2 is 2.05 bits per heavy atom. The van der Waals surface area contributed by atoms with Gasteiger partial charge in [0.05, 0.1) is 5.56 Å². The molecule has 0 atom stereocenters. The maximum atomic E-state index is 12.0. The highest BCUT2D eigenvalue weighted by atomic mass is 79.9. The van der Waals surface area contributed by atoms with Crippen LogP contribution in [0.25, 0.3) is 0 Å². The number of amides is 1. The molecule has 0 radical (unpaired) electrons. The van der Waals surface area contributed by atoms with Gasteiger partial charge < -0.3 is 5.32 Å². The zero-order chi connectivity index (χ0) is 14.4. The number of halogens is 2. The zero-order valence-corrected chi connectivity index (χ0v) is 13.1. The second-order valence-electron chi connectivity index (χ2n) is 4.34. The maximum absolute atomic E-state index is 12.0. The molecule has 1 heterocycles. The van der Waals surface area contributed by atoms with Gasteiger partial charge in [-0.15, -0.1) is 0 Å². The number of benzene rings is 1. The predicted octanol–water partition coefficient (Wildman–Crippen LogP) is 3.86. The van der Waals surface area contributed by atoms with E-state index in [1.165, 1.54) is 5.56 Å². The number of aromatic nitrogens is 1. The van der Waals surface area contributed by atoms with Crippen LogP contribution in [-0.2, 0) is 6.42 Å². The third-order valence-electron chi connectivity index (χ3n) is 2.82. The fourth-order valence-electron chi connectivity index (χ4n) is 1.82. The highest BCUT2D eigenvalue weighted by molar-refractivity contribution is 9.10. The lowest BCUT2D eigenvalue weighted by Crippen LogP contribution is -2.25. The van der Waals surface area contributed by atoms with Crippen molar-refractivity contribution in [2.75, 3.05) is 6.54 Å². The van der Waals surface area contributed by atoms with Crippen LogP contribution in [0.5, 0.6) is 0 Å². The number of rotatable bonds is 5. The van der Waals surface area contributed by atoms with Crippen molar-refractivity contribution in [3.63, 3.8) is 0 Å². The first-order valence-corrected chi connectivity index (χ1v) is 7.47. The smallest absolute Gasteiger partial charge is 0.254 e. The Balaban J connectivity index is 1.82. The molecule has 1 aromatic heterocycles. The van der Waals surface area contributed by atoms with Crippen LogP contribution >= 0.6 is 27.5 Å². The van der Waals surface area contributed by atoms with Crippen LogP contribution in [-0.4, -0.2) is 17.4 Å². The van der Waals surface area contributed by atoms with Crippen molar-refractivity contribution in [1.29, 1.82) is 0 Å². The fourth-order valence-corrected chi connectivity index (χ4v) is 2.34. The van der Waals surface area contributed by atoms with Crippen LogP contribution in [0.3, 0.4) is 0 Å². The average molecular weight is 354 g/mol. The molecule has 3 nitrogen and oxygen atoms in total. The molecule has 0 saturated heterocycles. The fraction of sp³-hybridized carbons (Fsp3) is 0.200. The summed E-state index contributed by atoms with van der Waals surface area (Å²) in [6.07, 6.45) is 3.38. The summed E-state index contributed by atoms with van der Waals surface area (Å²) in [6, 6.07) is 11.9. The summed E-state index contributed by atoms with van der Waals surface area (Å²) in [5, 5.41) is 3.07. The minimum absolute atomic E-state index is 0.197. The number of carbonyl (C=O) groups is 1. The van der Waals surface area contributed by atoms with Crippen LogP contribution in [0, 0.1) is 0 Å². The van der Waals surface area contributed by atoms with Gasteiger partial charge in [0.15, 0.2) is 0 Å². The Morgan fingerprint density at radius 1 is 1.30 bits per heavy atom. The first kappa shape index (κ1) is 15.0. The summed E-state index contributed by atoms with van der Waals surface area (Å²) in [7, 11) is 0. The molecule has 104 valence electrons. The minimum Gasteiger partial charge on any atom is -0.352 e. The van der Waals surface area contributed by atoms with Gasteiger partial charge in [-0.3, -0.25) is 4.79 Å². The molecule has 1 aromatic carbocycles. The van der Waals surface area contributed by atoms with Gasteiger partial charge in [0, 0.05) is 17.2 Å². The number of carbonyl (C=O) groups excluding carboxylic acids is 1. The summed E-state index contributed by atoms with van der Waals surface area (Å²) in [5.41, 5.74) is 1.66. The van der Waals surface area contributed by atoms with Gasteiger partial charge in [-0.1, -0.05) is 41.9 Å². The molecular weight excluding hydrogens is 340 g/mol. The van der Waals surface area contributed by atoms with E-state index < -0.39 is 0 Å². The highest BCUT2D eigenvalue weighted by Crippen LogP contribution is 2.17. The van der Waals surface area contributed by atoms with E-state index in [9.17, 15) is 4.79 Å². The first-order valence-electron chi connectivity index (χ1n) is 6.30. The van der Waals surface area contributed by atoms with Crippen LogP contribution in [0.2, 0.25) is 5.15 Å². The second-order valence-corrected chi connectivity index (χ2v) is 5.61. The molecule has 0 spiro atoms. The first-order chi connectivity index (χ1) is 9.66. The standard InChI is InChI=1S/C15H14BrClN2O/c16-12-9-13(14(17)19-10-12)15(20)18-8-4-7-11-5-2-1-3-6-11/h1-3,5-6,9-10H,4,7-8H2,(H,18,20). The Bertz CT molecular complexity index is 590. The van der Waals surface area contributed by atoms with E-state index in [1.807, 2.05) is 18.2 Å². The molecule has 0 fully saturated rings. The lowest BCUT2D eigenvalue weighted by Gasteiger charge is -2.07. The van der Waals surface area contributed by atoms with E-state index in [2.05, 4.69) is 38.4 Å². The second kappa shape index (κ2) is 7.41. The van der Waals surface area contributed by atoms with E-state index in [-0.39, 0.29) is 11.1 Å². The molecule has 0 aliphatic rings. The summed E-state index contributed by atoms with van der Waals surface area (Å²) < 4.78 is 0.733. The summed E-state index contributed by atoms with van der Waals surface area (Å²) in [6.45, 7) is 0.608. The molecule has 5 heteroatoms. The Kier molecular flexibility index (Phi) is 5.56. The zero-order valence-electron chi connectivity index (χ0n) is 10.8. The Hall–Kier alpha value is -1.39. The SMILES string of the molecule is O=C(NCCCc1ccccc1)c1cc(Br)cnc1Cl. The van der Waals surface area contributed by atoms with Crippen molar-refractivity contribution in [3.05, 3.63) is 63.3 Å². The summed E-state index contributed by atoms with van der Waals surface area (Å²) >= 11 is 9.18. The third-order valence-corrected chi connectivity index (χ3v) is 3.56. The van der Waals surface area contributed by atoms with Gasteiger partial charge in [0.25, 0.3) is 5.91 Å². The molecule has 0 saturated carbocycles. The molecular formula is C15H14BrClN2O. The van der Waals surface area contributed by atoms with Gasteiger partial charge >= 0.3 is 0 Å². The normalized spacial score (nSPS) is 10.3. The predicted molar refractivity (Wildman–Crippen MR) is 84.0 cm³/mol. The van der Waals surface area contributed by atoms with Crippen LogP contribution < -0.4 is 5.32 Å². The molecule has 0 bridgehead atoms. The van der Waals surface area contributed by atoms with E-state index in [4.69, 9.17) is 11.6 Å². The lowest BCUT2D eigenvalue weighted by atomic mass is 10.1. The highest BCUT2D eigenvalue weighted by Gasteiger charge is 2.11. The quantitative estimate of drug-likeness (QED) is 0.655. The maximum Gasteiger partial charge on any atom is 0.254 e. The van der Waals surface area contributed by atoms with Gasteiger partial charge in [-0.05, 0) is 40.4 Å². The van der Waals surface area contributed by atoms with E-state index in [0.717, 1.165) is 17.3 Å². The third kappa shape index (κ3) is 4.32. The van der Waals surface area contributed by atoms with Crippen molar-refractivity contribution in [2.45, 2.75) is 12.8 Å². The number of nitrogens with zero attached hydrogens (tertiary/aromatic N) is 1. The molecule has 0 aliphatic carbocycles. The van der Waals surface area contributed by atoms with Gasteiger partial charge in [0.2, 0.25) is 0 Å². The molecule has 0 aliphatic heterocycles. The van der Waals surface area contributed by atoms with Crippen molar-refractivity contribution in [2.24, 2.45) is 0 Å². The number of nitrogens with one attached hydrogen (secondary N) is 1. The van der Waals surface area contributed by atoms with Crippen LogP contribution in [0.4, 0.5) is 0 Å². The van der Waals surface area contributed by atoms with Crippen molar-refractivity contribution >= 4 is 33.4 Å². The molecule has 1 amide bonds. The van der Waals surface area contributed by atoms with Crippen molar-refractivity contribution < 1.29 is 4.79 Å². The number of pyridine rings is 1. The number of aryl methyl sites for hydroxylation is 1. The largest absolute Gasteiger partial charge is 0.352 e. The monoisotopic (exact) mass is 352 g/mol. The van der Waals surface area contributed by atoms with Crippen LogP contribution in [0.15, 0.2) is 47.1 Å². The van der Waals surface area contributed by atoms with E-state index in [0.29, 0.717) is 12.1 Å². The average Bonchev–Trinajstić information content (AvgIpc) is 2.47. The molecule has 20 heavy (non-hydrogen) atoms. The Labute approximate surface area is 131 Å². The van der Waals surface area contributed by atoms with Gasteiger partial charge in [0.1, 0.15) is 5.15 Å². The summed E-state index contributed by atoms with van der Waals surface area (Å²) in [5.74, 6) is -0.197. The molecule has 2 rings (SSSR count). The molecule has 1 N–H and O–H groups in total. The lowest BCUT2D eigenvalue weighted by molar-refractivity contribution is 0.0953. The molecule has 0 unspecified atom stereocenters. The summed E-state index contributed by atoms with van der Waals surface area (Å²) in [4.78, 5) is 15.9. The topological polar surface area (TPSA) is 42.0 Å².